The van der Waals surface area contributed by atoms with E-state index in [1.807, 2.05) is 0 Å². The van der Waals surface area contributed by atoms with E-state index in [9.17, 15) is 14.4 Å². The number of carbonyl (C=O) groups excluding carboxylic acids is 3. The fraction of sp³-hybridized carbons (Fsp3) is 0.167. The van der Waals surface area contributed by atoms with Crippen molar-refractivity contribution in [2.24, 2.45) is 0 Å². The van der Waals surface area contributed by atoms with E-state index in [1.54, 1.807) is 31.3 Å². The number of methoxy groups -OCH3 is 2. The molecule has 0 radical (unpaired) electrons. The smallest absolute Gasteiger partial charge is 0.339 e. The van der Waals surface area contributed by atoms with Crippen molar-refractivity contribution < 1.29 is 23.9 Å². The number of para-hydroxylation sites is 1. The largest absolute Gasteiger partial charge is 0.465 e. The van der Waals surface area contributed by atoms with Crippen molar-refractivity contribution in [2.45, 2.75) is 0 Å². The van der Waals surface area contributed by atoms with Crippen molar-refractivity contribution in [3.63, 3.8) is 0 Å². The van der Waals surface area contributed by atoms with E-state index in [0.29, 0.717) is 11.3 Å². The number of benzene rings is 2. The Morgan fingerprint density at radius 3 is 2.16 bits per heavy atom. The lowest BCUT2D eigenvalue weighted by Crippen LogP contribution is -2.17. The SMILES string of the molecule is CNc1ccccc1C(=O)Nc1cc(C(=O)OC)ccc1C(=O)OC. The van der Waals surface area contributed by atoms with Gasteiger partial charge in [-0.3, -0.25) is 4.79 Å². The summed E-state index contributed by atoms with van der Waals surface area (Å²) in [6.07, 6.45) is 0. The Morgan fingerprint density at radius 1 is 0.840 bits per heavy atom. The van der Waals surface area contributed by atoms with Crippen LogP contribution in [-0.2, 0) is 9.47 Å². The van der Waals surface area contributed by atoms with Gasteiger partial charge in [0.2, 0.25) is 0 Å². The van der Waals surface area contributed by atoms with Crippen LogP contribution >= 0.6 is 0 Å². The molecule has 0 bridgehead atoms. The van der Waals surface area contributed by atoms with Gasteiger partial charge in [0.05, 0.1) is 36.6 Å². The molecule has 7 nitrogen and oxygen atoms in total. The van der Waals surface area contributed by atoms with Crippen LogP contribution in [0.4, 0.5) is 11.4 Å². The zero-order chi connectivity index (χ0) is 18.4. The van der Waals surface area contributed by atoms with Crippen molar-refractivity contribution in [3.8, 4) is 0 Å². The van der Waals surface area contributed by atoms with E-state index in [-0.39, 0.29) is 16.8 Å². The van der Waals surface area contributed by atoms with Crippen molar-refractivity contribution in [1.82, 2.24) is 0 Å². The Labute approximate surface area is 144 Å². The van der Waals surface area contributed by atoms with Crippen LogP contribution in [0.3, 0.4) is 0 Å². The molecule has 1 amide bonds. The maximum Gasteiger partial charge on any atom is 0.339 e. The van der Waals surface area contributed by atoms with Crippen LogP contribution in [0.25, 0.3) is 0 Å². The molecule has 0 aliphatic carbocycles. The third-order valence-electron chi connectivity index (χ3n) is 3.54. The predicted molar refractivity (Wildman–Crippen MR) is 93.1 cm³/mol. The molecule has 130 valence electrons. The third kappa shape index (κ3) is 3.95. The predicted octanol–water partition coefficient (Wildman–Crippen LogP) is 2.55. The molecule has 25 heavy (non-hydrogen) atoms. The van der Waals surface area contributed by atoms with Crippen molar-refractivity contribution in [1.29, 1.82) is 0 Å². The second kappa shape index (κ2) is 7.96. The first-order chi connectivity index (χ1) is 12.0. The Hall–Kier alpha value is -3.35. The minimum absolute atomic E-state index is 0.130. The van der Waals surface area contributed by atoms with Crippen molar-refractivity contribution >= 4 is 29.2 Å². The van der Waals surface area contributed by atoms with Gasteiger partial charge in [-0.25, -0.2) is 9.59 Å². The van der Waals surface area contributed by atoms with E-state index in [4.69, 9.17) is 4.74 Å². The molecule has 0 unspecified atom stereocenters. The highest BCUT2D eigenvalue weighted by atomic mass is 16.5. The number of esters is 2. The van der Waals surface area contributed by atoms with Crippen LogP contribution in [0.5, 0.6) is 0 Å². The van der Waals surface area contributed by atoms with Crippen molar-refractivity contribution in [2.75, 3.05) is 31.9 Å². The molecule has 2 rings (SSSR count). The van der Waals surface area contributed by atoms with Crippen LogP contribution in [0, 0.1) is 0 Å². The van der Waals surface area contributed by atoms with Gasteiger partial charge in [0, 0.05) is 12.7 Å². The van der Waals surface area contributed by atoms with E-state index in [2.05, 4.69) is 15.4 Å². The summed E-state index contributed by atoms with van der Waals surface area (Å²) < 4.78 is 9.38. The molecule has 0 aliphatic heterocycles. The van der Waals surface area contributed by atoms with Gasteiger partial charge in [-0.05, 0) is 30.3 Å². The topological polar surface area (TPSA) is 93.7 Å². The second-order valence-electron chi connectivity index (χ2n) is 4.99. The van der Waals surface area contributed by atoms with E-state index in [1.165, 1.54) is 32.4 Å². The highest BCUT2D eigenvalue weighted by Crippen LogP contribution is 2.22. The number of ether oxygens (including phenoxy) is 2. The number of hydrogen-bond donors (Lipinski definition) is 2. The molecule has 0 aromatic heterocycles. The maximum absolute atomic E-state index is 12.6. The number of carbonyl (C=O) groups is 3. The van der Waals surface area contributed by atoms with Gasteiger partial charge in [-0.2, -0.15) is 0 Å². The summed E-state index contributed by atoms with van der Waals surface area (Å²) in [5, 5.41) is 5.57. The first kappa shape index (κ1) is 18.0. The summed E-state index contributed by atoms with van der Waals surface area (Å²) in [6.45, 7) is 0. The van der Waals surface area contributed by atoms with Gasteiger partial charge in [0.25, 0.3) is 5.91 Å². The molecule has 0 aliphatic rings. The maximum atomic E-state index is 12.6. The summed E-state index contributed by atoms with van der Waals surface area (Å²) in [6, 6.07) is 11.1. The number of hydrogen-bond acceptors (Lipinski definition) is 6. The van der Waals surface area contributed by atoms with E-state index >= 15 is 0 Å². The second-order valence-corrected chi connectivity index (χ2v) is 4.99. The summed E-state index contributed by atoms with van der Waals surface area (Å²) >= 11 is 0. The molecule has 0 spiro atoms. The average molecular weight is 342 g/mol. The van der Waals surface area contributed by atoms with Crippen LogP contribution in [-0.4, -0.2) is 39.1 Å². The van der Waals surface area contributed by atoms with Gasteiger partial charge in [-0.1, -0.05) is 12.1 Å². The van der Waals surface area contributed by atoms with E-state index < -0.39 is 17.8 Å². The first-order valence-corrected chi connectivity index (χ1v) is 7.40. The zero-order valence-corrected chi connectivity index (χ0v) is 14.1. The van der Waals surface area contributed by atoms with Gasteiger partial charge < -0.3 is 20.1 Å². The molecule has 2 aromatic carbocycles. The molecule has 0 saturated carbocycles. The van der Waals surface area contributed by atoms with Gasteiger partial charge in [0.1, 0.15) is 0 Å². The summed E-state index contributed by atoms with van der Waals surface area (Å²) in [5.41, 5.74) is 1.51. The number of nitrogens with one attached hydrogen (secondary N) is 2. The molecule has 0 atom stereocenters. The normalized spacial score (nSPS) is 9.88. The Morgan fingerprint density at radius 2 is 1.52 bits per heavy atom. The molecular weight excluding hydrogens is 324 g/mol. The Balaban J connectivity index is 2.43. The molecule has 7 heteroatoms. The monoisotopic (exact) mass is 342 g/mol. The Bertz CT molecular complexity index is 817. The molecule has 0 saturated heterocycles. The Kier molecular flexibility index (Phi) is 5.73. The first-order valence-electron chi connectivity index (χ1n) is 7.40. The zero-order valence-electron chi connectivity index (χ0n) is 14.1. The fourth-order valence-electron chi connectivity index (χ4n) is 2.27. The molecule has 0 fully saturated rings. The molecule has 0 heterocycles. The number of rotatable bonds is 5. The lowest BCUT2D eigenvalue weighted by atomic mass is 10.1. The van der Waals surface area contributed by atoms with Crippen LogP contribution in [0.15, 0.2) is 42.5 Å². The highest BCUT2D eigenvalue weighted by molar-refractivity contribution is 6.11. The molecule has 2 aromatic rings. The summed E-state index contributed by atoms with van der Waals surface area (Å²) in [7, 11) is 4.18. The average Bonchev–Trinajstić information content (AvgIpc) is 2.66. The summed E-state index contributed by atoms with van der Waals surface area (Å²) in [5.74, 6) is -1.65. The number of amides is 1. The lowest BCUT2D eigenvalue weighted by Gasteiger charge is -2.13. The van der Waals surface area contributed by atoms with Gasteiger partial charge in [-0.15, -0.1) is 0 Å². The standard InChI is InChI=1S/C18H18N2O5/c1-19-14-7-5-4-6-12(14)16(21)20-15-10-11(17(22)24-2)8-9-13(15)18(23)25-3/h4-10,19H,1-3H3,(H,20,21). The highest BCUT2D eigenvalue weighted by Gasteiger charge is 2.19. The number of anilines is 2. The minimum atomic E-state index is -0.631. The van der Waals surface area contributed by atoms with Crippen LogP contribution in [0.2, 0.25) is 0 Å². The minimum Gasteiger partial charge on any atom is -0.465 e. The molecule has 2 N–H and O–H groups in total. The summed E-state index contributed by atoms with van der Waals surface area (Å²) in [4.78, 5) is 36.2. The lowest BCUT2D eigenvalue weighted by molar-refractivity contribution is 0.0587. The third-order valence-corrected chi connectivity index (χ3v) is 3.54. The molecular formula is C18H18N2O5. The van der Waals surface area contributed by atoms with E-state index in [0.717, 1.165) is 0 Å². The van der Waals surface area contributed by atoms with Crippen LogP contribution < -0.4 is 10.6 Å². The van der Waals surface area contributed by atoms with Crippen molar-refractivity contribution in [3.05, 3.63) is 59.2 Å². The van der Waals surface area contributed by atoms with Gasteiger partial charge in [0.15, 0.2) is 0 Å². The fourth-order valence-corrected chi connectivity index (χ4v) is 2.27. The van der Waals surface area contributed by atoms with Gasteiger partial charge >= 0.3 is 11.9 Å². The van der Waals surface area contributed by atoms with Crippen LogP contribution in [0.1, 0.15) is 31.1 Å². The quantitative estimate of drug-likeness (QED) is 0.811.